The fourth-order valence-electron chi connectivity index (χ4n) is 2.21. The number of amides is 1. The summed E-state index contributed by atoms with van der Waals surface area (Å²) in [7, 11) is 0. The van der Waals surface area contributed by atoms with E-state index in [4.69, 9.17) is 0 Å². The summed E-state index contributed by atoms with van der Waals surface area (Å²) in [4.78, 5) is 16.0. The number of benzene rings is 1. The molecule has 2 N–H and O–H groups in total. The zero-order chi connectivity index (χ0) is 17.5. The summed E-state index contributed by atoms with van der Waals surface area (Å²) in [6, 6.07) is 13.1. The third kappa shape index (κ3) is 5.07. The van der Waals surface area contributed by atoms with Crippen LogP contribution in [-0.4, -0.2) is 21.1 Å². The number of rotatable bonds is 6. The molecule has 6 nitrogen and oxygen atoms in total. The lowest BCUT2D eigenvalue weighted by Gasteiger charge is -2.07. The van der Waals surface area contributed by atoms with Crippen LogP contribution in [0.1, 0.15) is 11.1 Å². The second-order valence-electron chi connectivity index (χ2n) is 5.37. The van der Waals surface area contributed by atoms with E-state index >= 15 is 0 Å². The van der Waals surface area contributed by atoms with E-state index in [0.29, 0.717) is 23.7 Å². The summed E-state index contributed by atoms with van der Waals surface area (Å²) < 4.78 is 13.1. The van der Waals surface area contributed by atoms with E-state index in [9.17, 15) is 9.18 Å². The Morgan fingerprint density at radius 3 is 2.52 bits per heavy atom. The van der Waals surface area contributed by atoms with Crippen molar-refractivity contribution in [3.8, 4) is 0 Å². The highest BCUT2D eigenvalue weighted by atomic mass is 19.1. The van der Waals surface area contributed by atoms with Gasteiger partial charge in [0.05, 0.1) is 6.42 Å². The number of aromatic nitrogens is 3. The van der Waals surface area contributed by atoms with Crippen molar-refractivity contribution in [2.45, 2.75) is 13.0 Å². The van der Waals surface area contributed by atoms with Crippen LogP contribution in [0.15, 0.2) is 60.9 Å². The summed E-state index contributed by atoms with van der Waals surface area (Å²) >= 11 is 0. The molecule has 0 bridgehead atoms. The second kappa shape index (κ2) is 7.96. The molecule has 25 heavy (non-hydrogen) atoms. The van der Waals surface area contributed by atoms with Crippen molar-refractivity contribution in [2.24, 2.45) is 0 Å². The molecular formula is C18H16FN5O. The van der Waals surface area contributed by atoms with Gasteiger partial charge in [-0.15, -0.1) is 10.2 Å². The Balaban J connectivity index is 1.52. The Morgan fingerprint density at radius 1 is 1.00 bits per heavy atom. The lowest BCUT2D eigenvalue weighted by atomic mass is 10.1. The zero-order valence-corrected chi connectivity index (χ0v) is 13.3. The number of nitrogens with one attached hydrogen (secondary N) is 2. The third-order valence-corrected chi connectivity index (χ3v) is 3.38. The number of carbonyl (C=O) groups excluding carboxylic acids is 1. The maximum Gasteiger partial charge on any atom is 0.229 e. The topological polar surface area (TPSA) is 79.8 Å². The van der Waals surface area contributed by atoms with Gasteiger partial charge < -0.3 is 10.6 Å². The van der Waals surface area contributed by atoms with Crippen LogP contribution < -0.4 is 10.6 Å². The van der Waals surface area contributed by atoms with Crippen molar-refractivity contribution < 1.29 is 9.18 Å². The molecule has 0 radical (unpaired) electrons. The molecule has 0 aliphatic carbocycles. The van der Waals surface area contributed by atoms with Crippen LogP contribution in [0.2, 0.25) is 0 Å². The molecule has 3 rings (SSSR count). The minimum Gasteiger partial charge on any atom is -0.364 e. The molecule has 126 valence electrons. The molecule has 0 spiro atoms. The van der Waals surface area contributed by atoms with Crippen LogP contribution in [0.4, 0.5) is 16.0 Å². The Kier molecular flexibility index (Phi) is 5.26. The maximum atomic E-state index is 13.1. The quantitative estimate of drug-likeness (QED) is 0.723. The molecule has 0 atom stereocenters. The lowest BCUT2D eigenvalue weighted by Crippen LogP contribution is -2.16. The Hall–Kier alpha value is -3.35. The Morgan fingerprint density at radius 2 is 1.80 bits per heavy atom. The molecule has 1 amide bonds. The van der Waals surface area contributed by atoms with Crippen molar-refractivity contribution >= 4 is 17.5 Å². The fourth-order valence-corrected chi connectivity index (χ4v) is 2.21. The van der Waals surface area contributed by atoms with E-state index in [1.165, 1.54) is 12.1 Å². The normalized spacial score (nSPS) is 10.3. The van der Waals surface area contributed by atoms with E-state index in [1.807, 2.05) is 12.1 Å². The van der Waals surface area contributed by atoms with Gasteiger partial charge in [0.2, 0.25) is 5.91 Å². The van der Waals surface area contributed by atoms with Crippen LogP contribution in [0.5, 0.6) is 0 Å². The van der Waals surface area contributed by atoms with Crippen LogP contribution in [0.25, 0.3) is 0 Å². The van der Waals surface area contributed by atoms with E-state index in [2.05, 4.69) is 25.8 Å². The molecule has 0 fully saturated rings. The number of carbonyl (C=O) groups is 1. The molecule has 0 saturated carbocycles. The predicted molar refractivity (Wildman–Crippen MR) is 92.3 cm³/mol. The predicted octanol–water partition coefficient (Wildman–Crippen LogP) is 2.80. The third-order valence-electron chi connectivity index (χ3n) is 3.38. The van der Waals surface area contributed by atoms with Gasteiger partial charge in [-0.3, -0.25) is 9.78 Å². The van der Waals surface area contributed by atoms with Gasteiger partial charge in [-0.2, -0.15) is 0 Å². The smallest absolute Gasteiger partial charge is 0.229 e. The van der Waals surface area contributed by atoms with Gasteiger partial charge in [0.25, 0.3) is 0 Å². The summed E-state index contributed by atoms with van der Waals surface area (Å²) in [5, 5.41) is 13.7. The molecule has 0 unspecified atom stereocenters. The number of pyridine rings is 1. The van der Waals surface area contributed by atoms with Crippen LogP contribution in [0, 0.1) is 5.82 Å². The van der Waals surface area contributed by atoms with Crippen molar-refractivity contribution in [3.05, 3.63) is 77.9 Å². The SMILES string of the molecule is O=C(Cc1cccc(F)c1)Nc1ccc(NCc2cccnc2)nn1. The maximum absolute atomic E-state index is 13.1. The van der Waals surface area contributed by atoms with E-state index in [0.717, 1.165) is 5.56 Å². The van der Waals surface area contributed by atoms with Crippen molar-refractivity contribution in [3.63, 3.8) is 0 Å². The lowest BCUT2D eigenvalue weighted by molar-refractivity contribution is -0.115. The van der Waals surface area contributed by atoms with Gasteiger partial charge in [-0.1, -0.05) is 18.2 Å². The average Bonchev–Trinajstić information content (AvgIpc) is 2.62. The molecule has 0 aliphatic rings. The Labute approximate surface area is 144 Å². The first-order valence-electron chi connectivity index (χ1n) is 7.70. The molecular weight excluding hydrogens is 321 g/mol. The van der Waals surface area contributed by atoms with E-state index < -0.39 is 0 Å². The molecule has 0 saturated heterocycles. The number of nitrogens with zero attached hydrogens (tertiary/aromatic N) is 3. The van der Waals surface area contributed by atoms with Crippen LogP contribution in [0.3, 0.4) is 0 Å². The minimum absolute atomic E-state index is 0.0699. The van der Waals surface area contributed by atoms with E-state index in [-0.39, 0.29) is 18.1 Å². The highest BCUT2D eigenvalue weighted by Crippen LogP contribution is 2.09. The molecule has 3 aromatic rings. The van der Waals surface area contributed by atoms with Crippen LogP contribution >= 0.6 is 0 Å². The molecule has 7 heteroatoms. The first-order chi connectivity index (χ1) is 12.2. The Bertz CT molecular complexity index is 840. The largest absolute Gasteiger partial charge is 0.364 e. The number of hydrogen-bond donors (Lipinski definition) is 2. The molecule has 2 heterocycles. The van der Waals surface area contributed by atoms with Gasteiger partial charge in [0, 0.05) is 18.9 Å². The monoisotopic (exact) mass is 337 g/mol. The molecule has 0 aliphatic heterocycles. The van der Waals surface area contributed by atoms with Gasteiger partial charge in [0.1, 0.15) is 11.6 Å². The molecule has 2 aromatic heterocycles. The van der Waals surface area contributed by atoms with Gasteiger partial charge in [-0.05, 0) is 41.5 Å². The standard InChI is InChI=1S/C18H16FN5O/c19-15-5-1-3-13(9-15)10-18(25)22-17-7-6-16(23-24-17)21-12-14-4-2-8-20-11-14/h1-9,11H,10,12H2,(H,21,23)(H,22,24,25). The molecule has 1 aromatic carbocycles. The van der Waals surface area contributed by atoms with Crippen molar-refractivity contribution in [1.29, 1.82) is 0 Å². The zero-order valence-electron chi connectivity index (χ0n) is 13.3. The second-order valence-corrected chi connectivity index (χ2v) is 5.37. The average molecular weight is 337 g/mol. The summed E-state index contributed by atoms with van der Waals surface area (Å²) in [5.74, 6) is 0.283. The first kappa shape index (κ1) is 16.5. The minimum atomic E-state index is -0.367. The number of hydrogen-bond acceptors (Lipinski definition) is 5. The summed E-state index contributed by atoms with van der Waals surface area (Å²) in [6.45, 7) is 0.577. The van der Waals surface area contributed by atoms with Crippen LogP contribution in [-0.2, 0) is 17.8 Å². The highest BCUT2D eigenvalue weighted by molar-refractivity contribution is 5.91. The number of anilines is 2. The van der Waals surface area contributed by atoms with Gasteiger partial charge in [-0.25, -0.2) is 4.39 Å². The highest BCUT2D eigenvalue weighted by Gasteiger charge is 2.06. The van der Waals surface area contributed by atoms with E-state index in [1.54, 1.807) is 36.7 Å². The van der Waals surface area contributed by atoms with Gasteiger partial charge in [0.15, 0.2) is 5.82 Å². The summed E-state index contributed by atoms with van der Waals surface area (Å²) in [5.41, 5.74) is 1.62. The van der Waals surface area contributed by atoms with Gasteiger partial charge >= 0.3 is 0 Å². The van der Waals surface area contributed by atoms with Crippen molar-refractivity contribution in [2.75, 3.05) is 10.6 Å². The van der Waals surface area contributed by atoms with Crippen molar-refractivity contribution in [1.82, 2.24) is 15.2 Å². The number of halogens is 1. The first-order valence-corrected chi connectivity index (χ1v) is 7.70. The fraction of sp³-hybridized carbons (Fsp3) is 0.111. The summed E-state index contributed by atoms with van der Waals surface area (Å²) in [6.07, 6.45) is 3.55.